The van der Waals surface area contributed by atoms with Crippen LogP contribution in [0, 0.1) is 0 Å². The molecule has 0 aliphatic heterocycles. The van der Waals surface area contributed by atoms with Crippen molar-refractivity contribution in [3.05, 3.63) is 12.2 Å². The fourth-order valence-electron chi connectivity index (χ4n) is 1.21. The molecule has 0 aromatic rings. The highest BCUT2D eigenvalue weighted by Gasteiger charge is 2.04. The number of carbonyl (C=O) groups excluding carboxylic acids is 1. The summed E-state index contributed by atoms with van der Waals surface area (Å²) in [6, 6.07) is 0.0995. The molecule has 0 fully saturated rings. The minimum absolute atomic E-state index is 0.0995. The lowest BCUT2D eigenvalue weighted by molar-refractivity contribution is -0.131. The molecule has 0 spiro atoms. The molecule has 0 heterocycles. The third-order valence-electron chi connectivity index (χ3n) is 2.01. The fourth-order valence-corrected chi connectivity index (χ4v) is 1.21. The van der Waals surface area contributed by atoms with Gasteiger partial charge in [-0.3, -0.25) is 4.79 Å². The van der Waals surface area contributed by atoms with E-state index in [4.69, 9.17) is 5.11 Å². The minimum atomic E-state index is -1.11. The lowest BCUT2D eigenvalue weighted by Crippen LogP contribution is -2.31. The Hall–Kier alpha value is -1.32. The highest BCUT2D eigenvalue weighted by atomic mass is 16.4. The summed E-state index contributed by atoms with van der Waals surface area (Å²) in [6.45, 7) is 4.04. The van der Waals surface area contributed by atoms with E-state index in [1.165, 1.54) is 0 Å². The van der Waals surface area contributed by atoms with Gasteiger partial charge in [0, 0.05) is 18.2 Å². The summed E-state index contributed by atoms with van der Waals surface area (Å²) in [4.78, 5) is 21.3. The molecular weight excluding hydrogens is 194 g/mol. The Bertz CT molecular complexity index is 236. The summed E-state index contributed by atoms with van der Waals surface area (Å²) < 4.78 is 0. The quantitative estimate of drug-likeness (QED) is 0.500. The van der Waals surface area contributed by atoms with E-state index < -0.39 is 5.97 Å². The van der Waals surface area contributed by atoms with Crippen LogP contribution in [0.1, 0.15) is 39.5 Å². The van der Waals surface area contributed by atoms with Crippen LogP contribution in [-0.4, -0.2) is 23.0 Å². The molecule has 0 rings (SSSR count). The Balaban J connectivity index is 3.71. The number of hydrogen-bond donors (Lipinski definition) is 2. The van der Waals surface area contributed by atoms with Gasteiger partial charge in [0.15, 0.2) is 0 Å². The number of hydrogen-bond acceptors (Lipinski definition) is 2. The van der Waals surface area contributed by atoms with Crippen molar-refractivity contribution in [2.24, 2.45) is 0 Å². The third-order valence-corrected chi connectivity index (χ3v) is 2.01. The number of nitrogens with one attached hydrogen (secondary N) is 1. The molecule has 2 N–H and O–H groups in total. The van der Waals surface area contributed by atoms with Gasteiger partial charge in [0.25, 0.3) is 0 Å². The van der Waals surface area contributed by atoms with Crippen molar-refractivity contribution in [3.63, 3.8) is 0 Å². The number of carbonyl (C=O) groups is 2. The smallest absolute Gasteiger partial charge is 0.328 e. The summed E-state index contributed by atoms with van der Waals surface area (Å²) in [5.41, 5.74) is 0. The Morgan fingerprint density at radius 1 is 1.33 bits per heavy atom. The van der Waals surface area contributed by atoms with Gasteiger partial charge in [0.1, 0.15) is 0 Å². The molecular formula is C11H19NO3. The van der Waals surface area contributed by atoms with Crippen molar-refractivity contribution in [2.75, 3.05) is 0 Å². The zero-order valence-corrected chi connectivity index (χ0v) is 9.32. The highest BCUT2D eigenvalue weighted by molar-refractivity contribution is 5.93. The average molecular weight is 213 g/mol. The molecule has 4 nitrogen and oxygen atoms in total. The topological polar surface area (TPSA) is 66.4 Å². The Morgan fingerprint density at radius 2 is 2.00 bits per heavy atom. The van der Waals surface area contributed by atoms with Crippen molar-refractivity contribution in [1.82, 2.24) is 5.32 Å². The van der Waals surface area contributed by atoms with E-state index in [-0.39, 0.29) is 11.9 Å². The van der Waals surface area contributed by atoms with Crippen molar-refractivity contribution in [3.8, 4) is 0 Å². The van der Waals surface area contributed by atoms with Crippen LogP contribution in [0.25, 0.3) is 0 Å². The molecule has 86 valence electrons. The standard InChI is InChI=1S/C11H19NO3/c1-3-4-5-6-9(2)12-10(13)7-8-11(14)15/h7-9H,3-6H2,1-2H3,(H,12,13)(H,14,15). The molecule has 0 saturated heterocycles. The number of carboxylic acids is 1. The second-order valence-corrected chi connectivity index (χ2v) is 3.58. The first-order chi connectivity index (χ1) is 7.06. The maximum atomic E-state index is 11.1. The van der Waals surface area contributed by atoms with Crippen molar-refractivity contribution in [1.29, 1.82) is 0 Å². The van der Waals surface area contributed by atoms with Gasteiger partial charge in [-0.1, -0.05) is 26.2 Å². The lowest BCUT2D eigenvalue weighted by Gasteiger charge is -2.11. The van der Waals surface area contributed by atoms with Crippen LogP contribution < -0.4 is 5.32 Å². The van der Waals surface area contributed by atoms with Crippen molar-refractivity contribution >= 4 is 11.9 Å². The predicted octanol–water partition coefficient (Wildman–Crippen LogP) is 1.71. The first-order valence-electron chi connectivity index (χ1n) is 5.27. The van der Waals surface area contributed by atoms with Crippen molar-refractivity contribution < 1.29 is 14.7 Å². The average Bonchev–Trinajstić information content (AvgIpc) is 2.15. The van der Waals surface area contributed by atoms with E-state index in [9.17, 15) is 9.59 Å². The van der Waals surface area contributed by atoms with E-state index in [1.807, 2.05) is 6.92 Å². The summed E-state index contributed by atoms with van der Waals surface area (Å²) >= 11 is 0. The van der Waals surface area contributed by atoms with E-state index in [0.29, 0.717) is 0 Å². The van der Waals surface area contributed by atoms with Crippen molar-refractivity contribution in [2.45, 2.75) is 45.6 Å². The molecule has 0 radical (unpaired) electrons. The van der Waals surface area contributed by atoms with Crippen LogP contribution >= 0.6 is 0 Å². The number of unbranched alkanes of at least 4 members (excludes halogenated alkanes) is 2. The summed E-state index contributed by atoms with van der Waals surface area (Å²) in [7, 11) is 0. The summed E-state index contributed by atoms with van der Waals surface area (Å²) in [6.07, 6.45) is 6.21. The Kier molecular flexibility index (Phi) is 7.32. The Morgan fingerprint density at radius 3 is 2.53 bits per heavy atom. The second kappa shape index (κ2) is 8.03. The van der Waals surface area contributed by atoms with Crippen LogP contribution in [0.3, 0.4) is 0 Å². The molecule has 1 unspecified atom stereocenters. The number of carboxylic acid groups (broad SMARTS) is 1. The van der Waals surface area contributed by atoms with Gasteiger partial charge in [-0.15, -0.1) is 0 Å². The number of amides is 1. The van der Waals surface area contributed by atoms with Crippen LogP contribution in [0.15, 0.2) is 12.2 Å². The monoisotopic (exact) mass is 213 g/mol. The van der Waals surface area contributed by atoms with Gasteiger partial charge >= 0.3 is 5.97 Å². The maximum Gasteiger partial charge on any atom is 0.328 e. The maximum absolute atomic E-state index is 11.1. The third kappa shape index (κ3) is 9.00. The minimum Gasteiger partial charge on any atom is -0.478 e. The first-order valence-corrected chi connectivity index (χ1v) is 5.27. The fraction of sp³-hybridized carbons (Fsp3) is 0.636. The van der Waals surface area contributed by atoms with Gasteiger partial charge in [0.2, 0.25) is 5.91 Å². The van der Waals surface area contributed by atoms with Gasteiger partial charge in [0.05, 0.1) is 0 Å². The van der Waals surface area contributed by atoms with Crippen LogP contribution in [-0.2, 0) is 9.59 Å². The van der Waals surface area contributed by atoms with Crippen LogP contribution in [0.2, 0.25) is 0 Å². The molecule has 1 amide bonds. The highest BCUT2D eigenvalue weighted by Crippen LogP contribution is 2.02. The van der Waals surface area contributed by atoms with Gasteiger partial charge in [-0.25, -0.2) is 4.79 Å². The second-order valence-electron chi connectivity index (χ2n) is 3.58. The first kappa shape index (κ1) is 13.7. The normalized spacial score (nSPS) is 12.7. The SMILES string of the molecule is CCCCCC(C)NC(=O)C=CC(=O)O. The van der Waals surface area contributed by atoms with Gasteiger partial charge < -0.3 is 10.4 Å². The lowest BCUT2D eigenvalue weighted by atomic mass is 10.1. The van der Waals surface area contributed by atoms with Crippen LogP contribution in [0.5, 0.6) is 0 Å². The number of aliphatic carboxylic acids is 1. The molecule has 0 saturated carbocycles. The molecule has 1 atom stereocenters. The molecule has 0 aliphatic carbocycles. The van der Waals surface area contributed by atoms with E-state index in [0.717, 1.165) is 37.8 Å². The molecule has 0 aromatic heterocycles. The Labute approximate surface area is 90.4 Å². The molecule has 0 bridgehead atoms. The molecule has 0 aromatic carbocycles. The van der Waals surface area contributed by atoms with E-state index in [1.54, 1.807) is 0 Å². The largest absolute Gasteiger partial charge is 0.478 e. The molecule has 15 heavy (non-hydrogen) atoms. The zero-order valence-electron chi connectivity index (χ0n) is 9.32. The number of rotatable bonds is 7. The van der Waals surface area contributed by atoms with Crippen LogP contribution in [0.4, 0.5) is 0 Å². The predicted molar refractivity (Wildman–Crippen MR) is 58.5 cm³/mol. The van der Waals surface area contributed by atoms with Gasteiger partial charge in [-0.05, 0) is 13.3 Å². The summed E-state index contributed by atoms with van der Waals surface area (Å²) in [5, 5.41) is 11.0. The summed E-state index contributed by atoms with van der Waals surface area (Å²) in [5.74, 6) is -1.45. The zero-order chi connectivity index (χ0) is 11.7. The van der Waals surface area contributed by atoms with E-state index in [2.05, 4.69) is 12.2 Å². The van der Waals surface area contributed by atoms with Gasteiger partial charge in [-0.2, -0.15) is 0 Å². The van der Waals surface area contributed by atoms with E-state index >= 15 is 0 Å². The molecule has 4 heteroatoms. The molecule has 0 aliphatic rings.